The predicted octanol–water partition coefficient (Wildman–Crippen LogP) is 2.58. The largest absolute Gasteiger partial charge is 0.388 e. The highest BCUT2D eigenvalue weighted by Gasteiger charge is 2.36. The summed E-state index contributed by atoms with van der Waals surface area (Å²) in [7, 11) is 0. The van der Waals surface area contributed by atoms with E-state index < -0.39 is 5.60 Å². The summed E-state index contributed by atoms with van der Waals surface area (Å²) in [4.78, 5) is 11.6. The number of carbonyl (C=O) groups is 1. The predicted molar refractivity (Wildman–Crippen MR) is 77.8 cm³/mol. The van der Waals surface area contributed by atoms with E-state index in [4.69, 9.17) is 0 Å². The van der Waals surface area contributed by atoms with Crippen molar-refractivity contribution in [2.75, 3.05) is 12.3 Å². The summed E-state index contributed by atoms with van der Waals surface area (Å²) >= 11 is 1.63. The fraction of sp³-hybridized carbons (Fsp3) is 0.929. The Morgan fingerprint density at radius 1 is 1.28 bits per heavy atom. The summed E-state index contributed by atoms with van der Waals surface area (Å²) in [5.74, 6) is 0.520. The van der Waals surface area contributed by atoms with E-state index in [-0.39, 0.29) is 5.91 Å². The molecule has 4 heteroatoms. The smallest absolute Gasteiger partial charge is 0.230 e. The van der Waals surface area contributed by atoms with Crippen LogP contribution < -0.4 is 5.32 Å². The number of amides is 1. The van der Waals surface area contributed by atoms with Crippen molar-refractivity contribution >= 4 is 17.7 Å². The fourth-order valence-electron chi connectivity index (χ4n) is 2.13. The van der Waals surface area contributed by atoms with Crippen molar-refractivity contribution in [3.8, 4) is 0 Å². The fourth-order valence-corrected chi connectivity index (χ4v) is 2.71. The number of nitrogens with one attached hydrogen (secondary N) is 1. The van der Waals surface area contributed by atoms with Crippen LogP contribution in [0, 0.1) is 5.41 Å². The van der Waals surface area contributed by atoms with E-state index in [0.29, 0.717) is 23.0 Å². The van der Waals surface area contributed by atoms with Crippen molar-refractivity contribution in [2.45, 2.75) is 64.2 Å². The minimum absolute atomic E-state index is 0.0342. The van der Waals surface area contributed by atoms with E-state index in [1.165, 1.54) is 0 Å². The molecule has 0 radical (unpaired) electrons. The van der Waals surface area contributed by atoms with Crippen LogP contribution in [0.5, 0.6) is 0 Å². The normalized spacial score (nSPS) is 21.9. The van der Waals surface area contributed by atoms with E-state index >= 15 is 0 Å². The topological polar surface area (TPSA) is 49.3 Å². The monoisotopic (exact) mass is 273 g/mol. The van der Waals surface area contributed by atoms with Gasteiger partial charge < -0.3 is 10.4 Å². The average Bonchev–Trinajstić information content (AvgIpc) is 2.29. The zero-order valence-corrected chi connectivity index (χ0v) is 12.9. The van der Waals surface area contributed by atoms with E-state index in [1.54, 1.807) is 11.8 Å². The Labute approximate surface area is 115 Å². The molecule has 1 aliphatic rings. The van der Waals surface area contributed by atoms with E-state index in [2.05, 4.69) is 33.0 Å². The highest BCUT2D eigenvalue weighted by molar-refractivity contribution is 8.00. The molecule has 0 heterocycles. The van der Waals surface area contributed by atoms with Gasteiger partial charge in [0.2, 0.25) is 5.91 Å². The first-order valence-electron chi connectivity index (χ1n) is 6.83. The van der Waals surface area contributed by atoms with Gasteiger partial charge in [-0.15, -0.1) is 11.8 Å². The van der Waals surface area contributed by atoms with Gasteiger partial charge in [-0.2, -0.15) is 0 Å². The van der Waals surface area contributed by atoms with Crippen LogP contribution in [-0.2, 0) is 4.79 Å². The number of thioether (sulfide) groups is 1. The lowest BCUT2D eigenvalue weighted by atomic mass is 9.71. The molecule has 0 aromatic heterocycles. The molecule has 0 atom stereocenters. The molecule has 0 spiro atoms. The Hall–Kier alpha value is -0.220. The van der Waals surface area contributed by atoms with Gasteiger partial charge >= 0.3 is 0 Å². The van der Waals surface area contributed by atoms with Crippen LogP contribution in [0.1, 0.15) is 53.4 Å². The van der Waals surface area contributed by atoms with E-state index in [0.717, 1.165) is 25.7 Å². The quantitative estimate of drug-likeness (QED) is 0.809. The molecule has 3 nitrogen and oxygen atoms in total. The molecule has 0 unspecified atom stereocenters. The molecular formula is C14H27NO2S. The Bertz CT molecular complexity index is 280. The number of rotatable bonds is 5. The number of hydrogen-bond donors (Lipinski definition) is 2. The van der Waals surface area contributed by atoms with Gasteiger partial charge in [0, 0.05) is 6.54 Å². The summed E-state index contributed by atoms with van der Waals surface area (Å²) in [5.41, 5.74) is -0.350. The van der Waals surface area contributed by atoms with Gasteiger partial charge in [-0.25, -0.2) is 0 Å². The van der Waals surface area contributed by atoms with Crippen LogP contribution >= 0.6 is 11.8 Å². The van der Waals surface area contributed by atoms with Gasteiger partial charge in [0.15, 0.2) is 0 Å². The highest BCUT2D eigenvalue weighted by Crippen LogP contribution is 2.39. The molecule has 1 amide bonds. The Morgan fingerprint density at radius 2 is 1.83 bits per heavy atom. The minimum Gasteiger partial charge on any atom is -0.388 e. The van der Waals surface area contributed by atoms with Gasteiger partial charge in [-0.05, 0) is 36.3 Å². The maximum absolute atomic E-state index is 11.6. The molecule has 2 N–H and O–H groups in total. The van der Waals surface area contributed by atoms with Crippen molar-refractivity contribution in [3.05, 3.63) is 0 Å². The zero-order valence-electron chi connectivity index (χ0n) is 12.1. The molecule has 1 saturated carbocycles. The third kappa shape index (κ3) is 5.61. The second-order valence-electron chi connectivity index (χ2n) is 6.53. The first-order valence-corrected chi connectivity index (χ1v) is 7.88. The SMILES string of the molecule is CC(C)SCC(=O)NCC1(O)CCC(C)(C)CC1. The van der Waals surface area contributed by atoms with Gasteiger partial charge in [-0.1, -0.05) is 27.7 Å². The number of aliphatic hydroxyl groups is 1. The van der Waals surface area contributed by atoms with Crippen molar-refractivity contribution in [1.29, 1.82) is 0 Å². The van der Waals surface area contributed by atoms with Crippen molar-refractivity contribution in [3.63, 3.8) is 0 Å². The standard InChI is InChI=1S/C14H27NO2S/c1-11(2)18-9-12(16)15-10-14(17)7-5-13(3,4)6-8-14/h11,17H,5-10H2,1-4H3,(H,15,16). The molecule has 1 fully saturated rings. The van der Waals surface area contributed by atoms with Crippen LogP contribution in [0.4, 0.5) is 0 Å². The summed E-state index contributed by atoms with van der Waals surface area (Å²) in [6.45, 7) is 9.04. The minimum atomic E-state index is -0.687. The molecule has 0 aromatic rings. The molecule has 18 heavy (non-hydrogen) atoms. The van der Waals surface area contributed by atoms with Gasteiger partial charge in [0.25, 0.3) is 0 Å². The zero-order chi connectivity index (χ0) is 13.8. The Kier molecular flexibility index (Phi) is 5.53. The third-order valence-electron chi connectivity index (χ3n) is 3.70. The summed E-state index contributed by atoms with van der Waals surface area (Å²) in [6.07, 6.45) is 3.63. The first-order chi connectivity index (χ1) is 8.22. The maximum Gasteiger partial charge on any atom is 0.230 e. The van der Waals surface area contributed by atoms with E-state index in [1.807, 2.05) is 0 Å². The maximum atomic E-state index is 11.6. The second kappa shape index (κ2) is 6.29. The van der Waals surface area contributed by atoms with Crippen LogP contribution in [0.2, 0.25) is 0 Å². The molecule has 106 valence electrons. The number of carbonyl (C=O) groups excluding carboxylic acids is 1. The summed E-state index contributed by atoms with van der Waals surface area (Å²) in [6, 6.07) is 0. The van der Waals surface area contributed by atoms with Crippen LogP contribution in [-0.4, -0.2) is 34.2 Å². The van der Waals surface area contributed by atoms with Crippen LogP contribution in [0.25, 0.3) is 0 Å². The first kappa shape index (κ1) is 15.8. The molecule has 0 bridgehead atoms. The molecule has 0 aromatic carbocycles. The summed E-state index contributed by atoms with van der Waals surface area (Å²) < 4.78 is 0. The van der Waals surface area contributed by atoms with Crippen LogP contribution in [0.15, 0.2) is 0 Å². The molecule has 1 aliphatic carbocycles. The van der Waals surface area contributed by atoms with Gasteiger partial charge in [-0.3, -0.25) is 4.79 Å². The molecule has 1 rings (SSSR count). The van der Waals surface area contributed by atoms with Crippen molar-refractivity contribution in [2.24, 2.45) is 5.41 Å². The number of hydrogen-bond acceptors (Lipinski definition) is 3. The lowest BCUT2D eigenvalue weighted by Gasteiger charge is -2.40. The average molecular weight is 273 g/mol. The van der Waals surface area contributed by atoms with E-state index in [9.17, 15) is 9.90 Å². The molecule has 0 aliphatic heterocycles. The Morgan fingerprint density at radius 3 is 2.33 bits per heavy atom. The highest BCUT2D eigenvalue weighted by atomic mass is 32.2. The van der Waals surface area contributed by atoms with Gasteiger partial charge in [0.1, 0.15) is 0 Å². The van der Waals surface area contributed by atoms with Crippen molar-refractivity contribution < 1.29 is 9.90 Å². The van der Waals surface area contributed by atoms with Crippen molar-refractivity contribution in [1.82, 2.24) is 5.32 Å². The molecular weight excluding hydrogens is 246 g/mol. The lowest BCUT2D eigenvalue weighted by Crippen LogP contribution is -2.47. The Balaban J connectivity index is 2.28. The van der Waals surface area contributed by atoms with Crippen LogP contribution in [0.3, 0.4) is 0 Å². The second-order valence-corrected chi connectivity index (χ2v) is 8.09. The third-order valence-corrected chi connectivity index (χ3v) is 4.79. The molecule has 0 saturated heterocycles. The summed E-state index contributed by atoms with van der Waals surface area (Å²) in [5, 5.41) is 13.7. The van der Waals surface area contributed by atoms with Gasteiger partial charge in [0.05, 0.1) is 11.4 Å². The lowest BCUT2D eigenvalue weighted by molar-refractivity contribution is -0.120.